The van der Waals surface area contributed by atoms with Gasteiger partial charge in [0.15, 0.2) is 11.8 Å². The Bertz CT molecular complexity index is 460. The van der Waals surface area contributed by atoms with E-state index in [4.69, 9.17) is 5.73 Å². The quantitative estimate of drug-likeness (QED) is 0.613. The summed E-state index contributed by atoms with van der Waals surface area (Å²) in [6, 6.07) is 5.50. The number of halogens is 1. The Kier molecular flexibility index (Phi) is 4.62. The molecule has 1 aromatic carbocycles. The molecular weight excluding hydrogens is 335 g/mol. The first-order valence-corrected chi connectivity index (χ1v) is 5.86. The molecule has 1 atom stereocenters. The number of carbonyl (C=O) groups excluding carboxylic acids is 3. The summed E-state index contributed by atoms with van der Waals surface area (Å²) in [5.41, 5.74) is 5.40. The smallest absolute Gasteiger partial charge is 0.252 e. The molecule has 0 spiro atoms. The first-order chi connectivity index (χ1) is 7.91. The maximum absolute atomic E-state index is 11.7. The number of hydrogen-bond acceptors (Lipinski definition) is 3. The molecular formula is C11H11IN2O3. The third-order valence-corrected chi connectivity index (χ3v) is 2.72. The van der Waals surface area contributed by atoms with Crippen molar-refractivity contribution in [2.24, 2.45) is 5.73 Å². The number of carbonyl (C=O) groups is 3. The van der Waals surface area contributed by atoms with Gasteiger partial charge >= 0.3 is 0 Å². The number of Topliss-reactive ketones (excluding diaryl/α,β-unsaturated/α-hetero) is 1. The van der Waals surface area contributed by atoms with Crippen molar-refractivity contribution < 1.29 is 14.4 Å². The largest absolute Gasteiger partial charge is 0.367 e. The van der Waals surface area contributed by atoms with Crippen molar-refractivity contribution in [2.45, 2.75) is 13.0 Å². The lowest BCUT2D eigenvalue weighted by Gasteiger charge is -2.12. The zero-order valence-corrected chi connectivity index (χ0v) is 11.2. The van der Waals surface area contributed by atoms with E-state index >= 15 is 0 Å². The van der Waals surface area contributed by atoms with Crippen molar-refractivity contribution in [3.63, 3.8) is 0 Å². The monoisotopic (exact) mass is 346 g/mol. The maximum Gasteiger partial charge on any atom is 0.252 e. The third-order valence-electron chi connectivity index (χ3n) is 2.05. The average molecular weight is 346 g/mol. The minimum absolute atomic E-state index is 0.379. The molecule has 1 unspecified atom stereocenters. The fourth-order valence-electron chi connectivity index (χ4n) is 1.22. The predicted molar refractivity (Wildman–Crippen MR) is 70.3 cm³/mol. The molecule has 5 nitrogen and oxygen atoms in total. The zero-order chi connectivity index (χ0) is 13.0. The Morgan fingerprint density at radius 3 is 2.47 bits per heavy atom. The van der Waals surface area contributed by atoms with Crippen LogP contribution in [-0.4, -0.2) is 23.6 Å². The van der Waals surface area contributed by atoms with E-state index < -0.39 is 23.6 Å². The second kappa shape index (κ2) is 5.76. The van der Waals surface area contributed by atoms with E-state index in [0.717, 1.165) is 3.57 Å². The molecule has 0 fully saturated rings. The SMILES string of the molecule is CC(=O)C(NC(=O)c1cccc(I)c1)C(N)=O. The second-order valence-electron chi connectivity index (χ2n) is 3.43. The summed E-state index contributed by atoms with van der Waals surface area (Å²) in [5.74, 6) is -1.85. The molecule has 0 aliphatic rings. The third kappa shape index (κ3) is 3.81. The van der Waals surface area contributed by atoms with Gasteiger partial charge in [0.25, 0.3) is 5.91 Å². The van der Waals surface area contributed by atoms with Crippen LogP contribution in [0.25, 0.3) is 0 Å². The molecule has 0 saturated heterocycles. The Balaban J connectivity index is 2.85. The molecule has 0 bridgehead atoms. The molecule has 2 amide bonds. The van der Waals surface area contributed by atoms with Crippen LogP contribution in [0.2, 0.25) is 0 Å². The summed E-state index contributed by atoms with van der Waals surface area (Å²) in [5, 5.41) is 2.29. The van der Waals surface area contributed by atoms with E-state index in [9.17, 15) is 14.4 Å². The van der Waals surface area contributed by atoms with E-state index in [2.05, 4.69) is 27.9 Å². The summed E-state index contributed by atoms with van der Waals surface area (Å²) in [4.78, 5) is 33.8. The van der Waals surface area contributed by atoms with Crippen molar-refractivity contribution in [1.82, 2.24) is 5.32 Å². The van der Waals surface area contributed by atoms with Crippen LogP contribution in [0.15, 0.2) is 24.3 Å². The van der Waals surface area contributed by atoms with Gasteiger partial charge in [0.2, 0.25) is 5.91 Å². The van der Waals surface area contributed by atoms with Crippen LogP contribution in [0.4, 0.5) is 0 Å². The molecule has 17 heavy (non-hydrogen) atoms. The molecule has 6 heteroatoms. The minimum Gasteiger partial charge on any atom is -0.367 e. The van der Waals surface area contributed by atoms with Gasteiger partial charge < -0.3 is 11.1 Å². The minimum atomic E-state index is -1.28. The van der Waals surface area contributed by atoms with Gasteiger partial charge in [0.1, 0.15) is 0 Å². The van der Waals surface area contributed by atoms with E-state index in [0.29, 0.717) is 5.56 Å². The first-order valence-electron chi connectivity index (χ1n) is 4.78. The fourth-order valence-corrected chi connectivity index (χ4v) is 1.76. The lowest BCUT2D eigenvalue weighted by Crippen LogP contribution is -2.48. The van der Waals surface area contributed by atoms with Gasteiger partial charge in [-0.15, -0.1) is 0 Å². The van der Waals surface area contributed by atoms with Crippen molar-refractivity contribution in [3.05, 3.63) is 33.4 Å². The topological polar surface area (TPSA) is 89.3 Å². The molecule has 0 radical (unpaired) electrons. The van der Waals surface area contributed by atoms with Gasteiger partial charge in [-0.1, -0.05) is 6.07 Å². The summed E-state index contributed by atoms with van der Waals surface area (Å²) < 4.78 is 0.883. The molecule has 0 aliphatic carbocycles. The molecule has 90 valence electrons. The lowest BCUT2D eigenvalue weighted by molar-refractivity contribution is -0.128. The molecule has 1 aromatic rings. The van der Waals surface area contributed by atoms with Crippen molar-refractivity contribution in [1.29, 1.82) is 0 Å². The summed E-state index contributed by atoms with van der Waals surface area (Å²) >= 11 is 2.06. The number of rotatable bonds is 4. The van der Waals surface area contributed by atoms with E-state index in [-0.39, 0.29) is 0 Å². The summed E-state index contributed by atoms with van der Waals surface area (Å²) in [6.45, 7) is 1.20. The number of primary amides is 1. The van der Waals surface area contributed by atoms with Crippen molar-refractivity contribution in [2.75, 3.05) is 0 Å². The number of ketones is 1. The molecule has 0 aromatic heterocycles. The van der Waals surface area contributed by atoms with Gasteiger partial charge in [0.05, 0.1) is 0 Å². The number of hydrogen-bond donors (Lipinski definition) is 2. The van der Waals surface area contributed by atoms with Crippen LogP contribution >= 0.6 is 22.6 Å². The first kappa shape index (κ1) is 13.6. The standard InChI is InChI=1S/C11H11IN2O3/c1-6(15)9(10(13)16)14-11(17)7-3-2-4-8(12)5-7/h2-5,9H,1H3,(H2,13,16)(H,14,17). The van der Waals surface area contributed by atoms with Crippen LogP contribution in [0.1, 0.15) is 17.3 Å². The average Bonchev–Trinajstić information content (AvgIpc) is 2.24. The van der Waals surface area contributed by atoms with Gasteiger partial charge in [-0.2, -0.15) is 0 Å². The lowest BCUT2D eigenvalue weighted by atomic mass is 10.1. The summed E-state index contributed by atoms with van der Waals surface area (Å²) in [7, 11) is 0. The number of nitrogens with one attached hydrogen (secondary N) is 1. The van der Waals surface area contributed by atoms with E-state index in [1.54, 1.807) is 18.2 Å². The fraction of sp³-hybridized carbons (Fsp3) is 0.182. The Morgan fingerprint density at radius 2 is 2.00 bits per heavy atom. The molecule has 0 saturated carbocycles. The van der Waals surface area contributed by atoms with Gasteiger partial charge in [-0.3, -0.25) is 14.4 Å². The highest BCUT2D eigenvalue weighted by Gasteiger charge is 2.23. The van der Waals surface area contributed by atoms with Crippen LogP contribution in [0, 0.1) is 3.57 Å². The van der Waals surface area contributed by atoms with Gasteiger partial charge in [0, 0.05) is 9.13 Å². The van der Waals surface area contributed by atoms with E-state index in [1.807, 2.05) is 6.07 Å². The van der Waals surface area contributed by atoms with Crippen LogP contribution in [-0.2, 0) is 9.59 Å². The van der Waals surface area contributed by atoms with Gasteiger partial charge in [-0.25, -0.2) is 0 Å². The second-order valence-corrected chi connectivity index (χ2v) is 4.68. The number of benzene rings is 1. The number of amides is 2. The number of nitrogens with two attached hydrogens (primary N) is 1. The molecule has 3 N–H and O–H groups in total. The molecule has 0 aliphatic heterocycles. The molecule has 1 rings (SSSR count). The predicted octanol–water partition coefficient (Wildman–Crippen LogP) is 0.464. The highest BCUT2D eigenvalue weighted by Crippen LogP contribution is 2.07. The Morgan fingerprint density at radius 1 is 1.35 bits per heavy atom. The van der Waals surface area contributed by atoms with Crippen LogP contribution in [0.5, 0.6) is 0 Å². The molecule has 0 heterocycles. The summed E-state index contributed by atoms with van der Waals surface area (Å²) in [6.07, 6.45) is 0. The Labute approximate surface area is 112 Å². The zero-order valence-electron chi connectivity index (χ0n) is 9.07. The van der Waals surface area contributed by atoms with Crippen LogP contribution in [0.3, 0.4) is 0 Å². The van der Waals surface area contributed by atoms with Gasteiger partial charge in [-0.05, 0) is 47.7 Å². The van der Waals surface area contributed by atoms with E-state index in [1.165, 1.54) is 6.92 Å². The highest BCUT2D eigenvalue weighted by molar-refractivity contribution is 14.1. The normalized spacial score (nSPS) is 11.6. The van der Waals surface area contributed by atoms with Crippen molar-refractivity contribution in [3.8, 4) is 0 Å². The maximum atomic E-state index is 11.7. The Hall–Kier alpha value is -1.44. The van der Waals surface area contributed by atoms with Crippen LogP contribution < -0.4 is 11.1 Å². The van der Waals surface area contributed by atoms with Crippen molar-refractivity contribution >= 4 is 40.2 Å². The highest BCUT2D eigenvalue weighted by atomic mass is 127.